The third-order valence-electron chi connectivity index (χ3n) is 8.03. The van der Waals surface area contributed by atoms with Crippen LogP contribution < -0.4 is 0 Å². The number of likely N-dealkylation sites (tertiary alicyclic amines) is 1. The Balaban J connectivity index is 1.27. The molecule has 31 heavy (non-hydrogen) atoms. The molecule has 7 nitrogen and oxygen atoms in total. The standard InChI is InChI=1S/C24H35N3O4/c1-14(19-25-21(26-31-19)23(2,3)4)30-20(28)18-6-5-7-27(18)22(29)24-11-15-8-16(12-24)10-17(9-15)13-24/h14-18H,5-13H2,1-4H3. The smallest absolute Gasteiger partial charge is 0.329 e. The molecule has 2 heterocycles. The first-order chi connectivity index (χ1) is 14.6. The molecule has 1 aliphatic heterocycles. The zero-order chi connectivity index (χ0) is 22.0. The number of hydrogen-bond donors (Lipinski definition) is 0. The molecule has 4 bridgehead atoms. The first-order valence-corrected chi connectivity index (χ1v) is 12.0. The highest BCUT2D eigenvalue weighted by molar-refractivity contribution is 5.89. The Morgan fingerprint density at radius 2 is 1.74 bits per heavy atom. The van der Waals surface area contributed by atoms with Gasteiger partial charge in [-0.2, -0.15) is 4.98 Å². The van der Waals surface area contributed by atoms with Gasteiger partial charge in [0, 0.05) is 12.0 Å². The molecule has 1 aromatic rings. The lowest BCUT2D eigenvalue weighted by molar-refractivity contribution is -0.168. The molecular weight excluding hydrogens is 394 g/mol. The number of esters is 1. The van der Waals surface area contributed by atoms with Crippen LogP contribution >= 0.6 is 0 Å². The van der Waals surface area contributed by atoms with Gasteiger partial charge in [0.15, 0.2) is 11.9 Å². The van der Waals surface area contributed by atoms with Gasteiger partial charge in [0.25, 0.3) is 5.89 Å². The maximum Gasteiger partial charge on any atom is 0.329 e. The van der Waals surface area contributed by atoms with Crippen LogP contribution in [0, 0.1) is 23.2 Å². The molecule has 0 spiro atoms. The summed E-state index contributed by atoms with van der Waals surface area (Å²) < 4.78 is 11.1. The quantitative estimate of drug-likeness (QED) is 0.668. The van der Waals surface area contributed by atoms with E-state index < -0.39 is 12.1 Å². The van der Waals surface area contributed by atoms with Crippen molar-refractivity contribution in [3.8, 4) is 0 Å². The maximum absolute atomic E-state index is 13.8. The predicted octanol–water partition coefficient (Wildman–Crippen LogP) is 4.18. The summed E-state index contributed by atoms with van der Waals surface area (Å²) >= 11 is 0. The van der Waals surface area contributed by atoms with Crippen molar-refractivity contribution in [2.75, 3.05) is 6.54 Å². The van der Waals surface area contributed by atoms with Crippen LogP contribution in [0.2, 0.25) is 0 Å². The number of hydrogen-bond acceptors (Lipinski definition) is 6. The molecule has 4 aliphatic carbocycles. The number of aromatic nitrogens is 2. The van der Waals surface area contributed by atoms with Gasteiger partial charge in [0.2, 0.25) is 5.91 Å². The molecule has 1 amide bonds. The summed E-state index contributed by atoms with van der Waals surface area (Å²) in [6, 6.07) is -0.493. The lowest BCUT2D eigenvalue weighted by Gasteiger charge is -2.56. The van der Waals surface area contributed by atoms with Crippen LogP contribution in [0.1, 0.15) is 96.9 Å². The fraction of sp³-hybridized carbons (Fsp3) is 0.833. The second kappa shape index (κ2) is 7.31. The minimum atomic E-state index is -0.631. The van der Waals surface area contributed by atoms with Crippen LogP contribution in [0.15, 0.2) is 4.52 Å². The first kappa shape index (κ1) is 21.0. The molecule has 5 fully saturated rings. The Hall–Kier alpha value is -1.92. The van der Waals surface area contributed by atoms with Gasteiger partial charge in [0.05, 0.1) is 5.41 Å². The fourth-order valence-electron chi connectivity index (χ4n) is 6.94. The molecule has 0 aromatic carbocycles. The van der Waals surface area contributed by atoms with Crippen molar-refractivity contribution in [2.45, 2.75) is 96.6 Å². The average Bonchev–Trinajstić information content (AvgIpc) is 3.36. The molecule has 1 saturated heterocycles. The second-order valence-corrected chi connectivity index (χ2v) is 11.6. The highest BCUT2D eigenvalue weighted by atomic mass is 16.6. The minimum absolute atomic E-state index is 0.214. The number of carbonyl (C=O) groups excluding carboxylic acids is 2. The number of rotatable bonds is 4. The summed E-state index contributed by atoms with van der Waals surface area (Å²) in [5, 5.41) is 4.02. The second-order valence-electron chi connectivity index (χ2n) is 11.6. The summed E-state index contributed by atoms with van der Waals surface area (Å²) in [5.74, 6) is 2.87. The summed E-state index contributed by atoms with van der Waals surface area (Å²) in [6.45, 7) is 8.42. The Kier molecular flexibility index (Phi) is 4.94. The fourth-order valence-corrected chi connectivity index (χ4v) is 6.94. The summed E-state index contributed by atoms with van der Waals surface area (Å²) in [5.41, 5.74) is -0.463. The Morgan fingerprint density at radius 3 is 2.29 bits per heavy atom. The van der Waals surface area contributed by atoms with Crippen LogP contribution in [0.4, 0.5) is 0 Å². The van der Waals surface area contributed by atoms with E-state index in [0.717, 1.165) is 25.7 Å². The monoisotopic (exact) mass is 429 g/mol. The summed E-state index contributed by atoms with van der Waals surface area (Å²) in [6.07, 6.45) is 7.84. The Morgan fingerprint density at radius 1 is 1.13 bits per heavy atom. The van der Waals surface area contributed by atoms with E-state index in [4.69, 9.17) is 9.26 Å². The number of amides is 1. The van der Waals surface area contributed by atoms with Crippen LogP contribution in [-0.4, -0.2) is 39.5 Å². The number of carbonyl (C=O) groups is 2. The van der Waals surface area contributed by atoms with Gasteiger partial charge < -0.3 is 14.2 Å². The zero-order valence-electron chi connectivity index (χ0n) is 19.2. The van der Waals surface area contributed by atoms with Crippen molar-refractivity contribution in [3.05, 3.63) is 11.7 Å². The molecule has 5 aliphatic rings. The molecule has 7 heteroatoms. The molecule has 2 atom stereocenters. The highest BCUT2D eigenvalue weighted by Crippen LogP contribution is 2.60. The van der Waals surface area contributed by atoms with Gasteiger partial charge in [-0.05, 0) is 76.0 Å². The SMILES string of the molecule is CC(OC(=O)C1CCCN1C(=O)C12CC3CC(CC(C3)C1)C2)c1nc(C(C)(C)C)no1. The topological polar surface area (TPSA) is 85.5 Å². The number of nitrogens with zero attached hydrogens (tertiary/aromatic N) is 3. The van der Waals surface area contributed by atoms with Crippen molar-refractivity contribution < 1.29 is 18.8 Å². The van der Waals surface area contributed by atoms with E-state index in [1.807, 2.05) is 25.7 Å². The molecular formula is C24H35N3O4. The van der Waals surface area contributed by atoms with Crippen LogP contribution in [0.5, 0.6) is 0 Å². The molecule has 2 unspecified atom stereocenters. The predicted molar refractivity (Wildman–Crippen MR) is 113 cm³/mol. The van der Waals surface area contributed by atoms with Gasteiger partial charge in [-0.25, -0.2) is 4.79 Å². The van der Waals surface area contributed by atoms with Crippen molar-refractivity contribution in [1.29, 1.82) is 0 Å². The third-order valence-corrected chi connectivity index (χ3v) is 8.03. The largest absolute Gasteiger partial charge is 0.451 e. The van der Waals surface area contributed by atoms with Gasteiger partial charge in [-0.1, -0.05) is 25.9 Å². The summed E-state index contributed by atoms with van der Waals surface area (Å²) in [4.78, 5) is 33.1. The first-order valence-electron chi connectivity index (χ1n) is 12.0. The normalized spacial score (nSPS) is 35.4. The van der Waals surface area contributed by atoms with Crippen LogP contribution in [-0.2, 0) is 19.7 Å². The van der Waals surface area contributed by atoms with Gasteiger partial charge in [-0.3, -0.25) is 4.79 Å². The van der Waals surface area contributed by atoms with E-state index >= 15 is 0 Å². The molecule has 4 saturated carbocycles. The summed E-state index contributed by atoms with van der Waals surface area (Å²) in [7, 11) is 0. The van der Waals surface area contributed by atoms with E-state index in [-0.39, 0.29) is 22.7 Å². The van der Waals surface area contributed by atoms with Crippen molar-refractivity contribution in [1.82, 2.24) is 15.0 Å². The van der Waals surface area contributed by atoms with Gasteiger partial charge in [-0.15, -0.1) is 0 Å². The maximum atomic E-state index is 13.8. The Labute approximate surface area is 184 Å². The van der Waals surface area contributed by atoms with Crippen LogP contribution in [0.3, 0.4) is 0 Å². The van der Waals surface area contributed by atoms with Crippen molar-refractivity contribution >= 4 is 11.9 Å². The Bertz CT molecular complexity index is 835. The average molecular weight is 430 g/mol. The lowest BCUT2D eigenvalue weighted by atomic mass is 9.49. The van der Waals surface area contributed by atoms with E-state index in [1.165, 1.54) is 19.3 Å². The minimum Gasteiger partial charge on any atom is -0.451 e. The van der Waals surface area contributed by atoms with Crippen molar-refractivity contribution in [3.63, 3.8) is 0 Å². The molecule has 1 aromatic heterocycles. The van der Waals surface area contributed by atoms with E-state index in [9.17, 15) is 9.59 Å². The van der Waals surface area contributed by atoms with Gasteiger partial charge in [0.1, 0.15) is 6.04 Å². The van der Waals surface area contributed by atoms with E-state index in [2.05, 4.69) is 10.1 Å². The lowest BCUT2D eigenvalue weighted by Crippen LogP contribution is -2.56. The molecule has 0 N–H and O–H groups in total. The molecule has 170 valence electrons. The van der Waals surface area contributed by atoms with Crippen molar-refractivity contribution in [2.24, 2.45) is 23.2 Å². The number of ether oxygens (including phenoxy) is 1. The van der Waals surface area contributed by atoms with E-state index in [0.29, 0.717) is 42.4 Å². The van der Waals surface area contributed by atoms with Crippen LogP contribution in [0.25, 0.3) is 0 Å². The van der Waals surface area contributed by atoms with E-state index in [1.54, 1.807) is 6.92 Å². The zero-order valence-corrected chi connectivity index (χ0v) is 19.2. The molecule has 0 radical (unpaired) electrons. The van der Waals surface area contributed by atoms with Gasteiger partial charge >= 0.3 is 5.97 Å². The molecule has 6 rings (SSSR count). The third kappa shape index (κ3) is 3.68. The highest BCUT2D eigenvalue weighted by Gasteiger charge is 2.57.